The molecule has 1 saturated carbocycles. The average molecular weight is 290 g/mol. The van der Waals surface area contributed by atoms with Crippen molar-refractivity contribution in [1.29, 1.82) is 0 Å². The first-order valence-corrected chi connectivity index (χ1v) is 7.31. The molecule has 6 heteroatoms. The van der Waals surface area contributed by atoms with E-state index in [-0.39, 0.29) is 29.6 Å². The molecule has 3 rings (SSSR count). The van der Waals surface area contributed by atoms with Crippen LogP contribution in [0.25, 0.3) is 0 Å². The number of imide groups is 1. The third-order valence-electron chi connectivity index (χ3n) is 4.05. The second-order valence-corrected chi connectivity index (χ2v) is 5.55. The second-order valence-electron chi connectivity index (χ2n) is 5.55. The van der Waals surface area contributed by atoms with Gasteiger partial charge in [0.1, 0.15) is 5.76 Å². The van der Waals surface area contributed by atoms with Crippen LogP contribution < -0.4 is 5.32 Å². The topological polar surface area (TPSA) is 79.6 Å². The van der Waals surface area contributed by atoms with E-state index in [2.05, 4.69) is 5.32 Å². The number of carbonyl (C=O) groups is 3. The Morgan fingerprint density at radius 2 is 2.10 bits per heavy atom. The Labute approximate surface area is 122 Å². The normalized spacial score (nSPS) is 24.5. The predicted octanol–water partition coefficient (Wildman–Crippen LogP) is 1.04. The van der Waals surface area contributed by atoms with Crippen LogP contribution >= 0.6 is 0 Å². The van der Waals surface area contributed by atoms with Crippen LogP contribution in [0.2, 0.25) is 0 Å². The lowest BCUT2D eigenvalue weighted by atomic mass is 10.2. The Hall–Kier alpha value is -2.11. The number of rotatable bonds is 6. The molecule has 2 aliphatic rings. The molecular formula is C15H18N2O4. The summed E-state index contributed by atoms with van der Waals surface area (Å²) < 4.78 is 5.29. The molecule has 112 valence electrons. The van der Waals surface area contributed by atoms with Crippen molar-refractivity contribution < 1.29 is 18.8 Å². The summed E-state index contributed by atoms with van der Waals surface area (Å²) in [4.78, 5) is 36.0. The summed E-state index contributed by atoms with van der Waals surface area (Å²) in [5, 5.41) is 2.86. The fourth-order valence-corrected chi connectivity index (χ4v) is 2.75. The van der Waals surface area contributed by atoms with Gasteiger partial charge in [0.05, 0.1) is 6.26 Å². The van der Waals surface area contributed by atoms with Crippen molar-refractivity contribution in [1.82, 2.24) is 10.2 Å². The van der Waals surface area contributed by atoms with Crippen molar-refractivity contribution in [3.05, 3.63) is 24.2 Å². The van der Waals surface area contributed by atoms with Crippen molar-refractivity contribution in [3.63, 3.8) is 0 Å². The van der Waals surface area contributed by atoms with Gasteiger partial charge in [-0.3, -0.25) is 19.3 Å². The molecule has 0 radical (unpaired) electrons. The molecule has 3 amide bonds. The van der Waals surface area contributed by atoms with Gasteiger partial charge in [-0.2, -0.15) is 0 Å². The zero-order valence-electron chi connectivity index (χ0n) is 11.7. The highest BCUT2D eigenvalue weighted by molar-refractivity contribution is 6.01. The summed E-state index contributed by atoms with van der Waals surface area (Å²) in [5.74, 6) is 0.865. The second kappa shape index (κ2) is 5.71. The summed E-state index contributed by atoms with van der Waals surface area (Å²) in [7, 11) is 0. The number of hydrogen-bond donors (Lipinski definition) is 1. The van der Waals surface area contributed by atoms with Gasteiger partial charge in [0.2, 0.25) is 17.7 Å². The number of carbonyl (C=O) groups excluding carboxylic acids is 3. The summed E-state index contributed by atoms with van der Waals surface area (Å²) in [6, 6.07) is 3.72. The van der Waals surface area contributed by atoms with Crippen LogP contribution in [-0.2, 0) is 14.4 Å². The van der Waals surface area contributed by atoms with Gasteiger partial charge in [-0.15, -0.1) is 0 Å². The highest BCUT2D eigenvalue weighted by atomic mass is 16.3. The van der Waals surface area contributed by atoms with Gasteiger partial charge in [0.25, 0.3) is 0 Å². The van der Waals surface area contributed by atoms with E-state index in [1.165, 1.54) is 4.90 Å². The molecular weight excluding hydrogens is 272 g/mol. The molecule has 1 aliphatic heterocycles. The fourth-order valence-electron chi connectivity index (χ4n) is 2.75. The molecule has 1 saturated heterocycles. The standard InChI is InChI=1S/C15H18N2O4/c18-13-4-5-14(19)17(13)7-2-6-16-15(20)11-9-10(11)12-3-1-8-21-12/h1,3,8,10-11H,2,4-7,9H2,(H,16,20)/t10-,11-/m0/s1. The first-order chi connectivity index (χ1) is 10.2. The molecule has 1 aromatic heterocycles. The number of likely N-dealkylation sites (tertiary alicyclic amines) is 1. The van der Waals surface area contributed by atoms with Crippen LogP contribution in [0, 0.1) is 5.92 Å². The van der Waals surface area contributed by atoms with E-state index >= 15 is 0 Å². The van der Waals surface area contributed by atoms with Crippen LogP contribution in [0.3, 0.4) is 0 Å². The smallest absolute Gasteiger partial charge is 0.229 e. The van der Waals surface area contributed by atoms with Gasteiger partial charge < -0.3 is 9.73 Å². The number of nitrogens with zero attached hydrogens (tertiary/aromatic N) is 1. The monoisotopic (exact) mass is 290 g/mol. The highest BCUT2D eigenvalue weighted by Gasteiger charge is 2.45. The summed E-state index contributed by atoms with van der Waals surface area (Å²) >= 11 is 0. The maximum absolute atomic E-state index is 11.9. The quantitative estimate of drug-likeness (QED) is 0.627. The molecule has 0 aromatic carbocycles. The minimum Gasteiger partial charge on any atom is -0.469 e. The van der Waals surface area contributed by atoms with Gasteiger partial charge in [0.15, 0.2) is 0 Å². The molecule has 2 atom stereocenters. The molecule has 1 N–H and O–H groups in total. The fraction of sp³-hybridized carbons (Fsp3) is 0.533. The van der Waals surface area contributed by atoms with Crippen LogP contribution in [-0.4, -0.2) is 35.7 Å². The number of nitrogens with one attached hydrogen (secondary N) is 1. The molecule has 0 unspecified atom stereocenters. The van der Waals surface area contributed by atoms with E-state index in [9.17, 15) is 14.4 Å². The van der Waals surface area contributed by atoms with E-state index in [1.807, 2.05) is 12.1 Å². The molecule has 6 nitrogen and oxygen atoms in total. The zero-order valence-corrected chi connectivity index (χ0v) is 11.7. The average Bonchev–Trinajstić information content (AvgIpc) is 2.96. The summed E-state index contributed by atoms with van der Waals surface area (Å²) in [6.07, 6.45) is 3.67. The lowest BCUT2D eigenvalue weighted by molar-refractivity contribution is -0.138. The molecule has 2 heterocycles. The van der Waals surface area contributed by atoms with Gasteiger partial charge >= 0.3 is 0 Å². The van der Waals surface area contributed by atoms with Crippen LogP contribution in [0.5, 0.6) is 0 Å². The van der Waals surface area contributed by atoms with Crippen molar-refractivity contribution in [2.24, 2.45) is 5.92 Å². The number of furan rings is 1. The van der Waals surface area contributed by atoms with Crippen molar-refractivity contribution >= 4 is 17.7 Å². The minimum atomic E-state index is -0.105. The van der Waals surface area contributed by atoms with Crippen LogP contribution in [0.4, 0.5) is 0 Å². The molecule has 1 aliphatic carbocycles. The third kappa shape index (κ3) is 2.99. The Bertz CT molecular complexity index is 536. The SMILES string of the molecule is O=C(NCCCN1C(=O)CCC1=O)[C@H]1C[C@@H]1c1ccco1. The lowest BCUT2D eigenvalue weighted by Crippen LogP contribution is -2.33. The summed E-state index contributed by atoms with van der Waals surface area (Å²) in [6.45, 7) is 0.876. The van der Waals surface area contributed by atoms with E-state index < -0.39 is 0 Å². The Balaban J connectivity index is 1.36. The zero-order chi connectivity index (χ0) is 14.8. The van der Waals surface area contributed by atoms with Gasteiger partial charge in [-0.25, -0.2) is 0 Å². The highest BCUT2D eigenvalue weighted by Crippen LogP contribution is 2.47. The maximum atomic E-state index is 11.9. The van der Waals surface area contributed by atoms with Crippen LogP contribution in [0.1, 0.15) is 37.4 Å². The van der Waals surface area contributed by atoms with Crippen molar-refractivity contribution in [2.75, 3.05) is 13.1 Å². The van der Waals surface area contributed by atoms with Gasteiger partial charge in [0, 0.05) is 37.8 Å². The Morgan fingerprint density at radius 3 is 2.76 bits per heavy atom. The van der Waals surface area contributed by atoms with Gasteiger partial charge in [-0.05, 0) is 25.0 Å². The van der Waals surface area contributed by atoms with Gasteiger partial charge in [-0.1, -0.05) is 0 Å². The van der Waals surface area contributed by atoms with E-state index in [1.54, 1.807) is 6.26 Å². The largest absolute Gasteiger partial charge is 0.469 e. The lowest BCUT2D eigenvalue weighted by Gasteiger charge is -2.13. The Kier molecular flexibility index (Phi) is 3.77. The first kappa shape index (κ1) is 13.9. The number of hydrogen-bond acceptors (Lipinski definition) is 4. The van der Waals surface area contributed by atoms with Crippen molar-refractivity contribution in [2.45, 2.75) is 31.6 Å². The minimum absolute atomic E-state index is 0.00815. The Morgan fingerprint density at radius 1 is 1.33 bits per heavy atom. The van der Waals surface area contributed by atoms with Crippen molar-refractivity contribution in [3.8, 4) is 0 Å². The third-order valence-corrected chi connectivity index (χ3v) is 4.05. The predicted molar refractivity (Wildman–Crippen MR) is 73.1 cm³/mol. The molecule has 21 heavy (non-hydrogen) atoms. The molecule has 1 aromatic rings. The maximum Gasteiger partial charge on any atom is 0.229 e. The number of amides is 3. The first-order valence-electron chi connectivity index (χ1n) is 7.31. The van der Waals surface area contributed by atoms with Crippen LogP contribution in [0.15, 0.2) is 22.8 Å². The van der Waals surface area contributed by atoms with E-state index in [0.717, 1.165) is 12.2 Å². The molecule has 2 fully saturated rings. The van der Waals surface area contributed by atoms with E-state index in [0.29, 0.717) is 32.4 Å². The molecule has 0 bridgehead atoms. The van der Waals surface area contributed by atoms with E-state index in [4.69, 9.17) is 4.42 Å². The molecule has 0 spiro atoms. The summed E-state index contributed by atoms with van der Waals surface area (Å²) in [5.41, 5.74) is 0.